The van der Waals surface area contributed by atoms with Crippen molar-refractivity contribution in [1.82, 2.24) is 29.3 Å². The van der Waals surface area contributed by atoms with Crippen LogP contribution in [0.3, 0.4) is 0 Å². The van der Waals surface area contributed by atoms with Crippen molar-refractivity contribution in [2.45, 2.75) is 39.7 Å². The molecule has 4 heterocycles. The molecule has 3 aromatic heterocycles. The van der Waals surface area contributed by atoms with Gasteiger partial charge < -0.3 is 19.9 Å². The molecule has 1 aliphatic rings. The van der Waals surface area contributed by atoms with E-state index in [1.165, 1.54) is 0 Å². The number of hydrogen-bond acceptors (Lipinski definition) is 7. The molecule has 0 radical (unpaired) electrons. The molecule has 0 bridgehead atoms. The summed E-state index contributed by atoms with van der Waals surface area (Å²) in [5.41, 5.74) is 3.16. The summed E-state index contributed by atoms with van der Waals surface area (Å²) in [4.78, 5) is 13.9. The van der Waals surface area contributed by atoms with Gasteiger partial charge in [0.05, 0.1) is 12.4 Å². The Morgan fingerprint density at radius 2 is 1.94 bits per heavy atom. The number of alkyl halides is 1. The van der Waals surface area contributed by atoms with Crippen LogP contribution in [0.25, 0.3) is 11.2 Å². The van der Waals surface area contributed by atoms with Crippen molar-refractivity contribution < 1.29 is 9.13 Å². The van der Waals surface area contributed by atoms with E-state index < -0.39 is 5.41 Å². The number of nitrogens with one attached hydrogen (secondary N) is 2. The predicted octanol–water partition coefficient (Wildman–Crippen LogP) is 2.76. The first-order valence-corrected chi connectivity index (χ1v) is 10.8. The van der Waals surface area contributed by atoms with Gasteiger partial charge in [0, 0.05) is 57.6 Å². The average molecular weight is 431 g/mol. The summed E-state index contributed by atoms with van der Waals surface area (Å²) in [5.74, 6) is 1.99. The average Bonchev–Trinajstić information content (AvgIpc) is 3.29. The summed E-state index contributed by atoms with van der Waals surface area (Å²) in [7, 11) is 3.86. The SMILES string of the molecule is CCc1nn(C)cc1CNc1nc(NCC2(CF)CCOCC2)c2c(n1)nc(C)n2C. The van der Waals surface area contributed by atoms with Crippen molar-refractivity contribution in [2.75, 3.05) is 37.1 Å². The van der Waals surface area contributed by atoms with Gasteiger partial charge >= 0.3 is 0 Å². The minimum absolute atomic E-state index is 0.381. The molecule has 1 fully saturated rings. The van der Waals surface area contributed by atoms with E-state index in [2.05, 4.69) is 32.6 Å². The van der Waals surface area contributed by atoms with Gasteiger partial charge in [0.15, 0.2) is 11.5 Å². The number of fused-ring (bicyclic) bond motifs is 1. The Hall–Kier alpha value is -2.75. The molecular weight excluding hydrogens is 399 g/mol. The highest BCUT2D eigenvalue weighted by Gasteiger charge is 2.33. The number of nitrogens with zero attached hydrogens (tertiary/aromatic N) is 6. The molecule has 3 aromatic rings. The zero-order chi connectivity index (χ0) is 22.0. The summed E-state index contributed by atoms with van der Waals surface area (Å²) in [6.07, 6.45) is 4.26. The molecule has 1 aliphatic heterocycles. The standard InChI is InChI=1S/C21H31FN8O/c1-5-16-15(11-29(3)28-16)10-23-20-26-18(17-19(27-20)25-14(2)30(17)4)24-13-21(12-22)6-8-31-9-7-21/h11H,5-10,12-13H2,1-4H3,(H2,23,24,26,27). The van der Waals surface area contributed by atoms with Crippen LogP contribution in [0.2, 0.25) is 0 Å². The van der Waals surface area contributed by atoms with Crippen LogP contribution in [0.5, 0.6) is 0 Å². The maximum atomic E-state index is 13.9. The van der Waals surface area contributed by atoms with Crippen molar-refractivity contribution in [1.29, 1.82) is 0 Å². The highest BCUT2D eigenvalue weighted by molar-refractivity contribution is 5.85. The van der Waals surface area contributed by atoms with Crippen molar-refractivity contribution >= 4 is 22.9 Å². The van der Waals surface area contributed by atoms with Gasteiger partial charge in [0.2, 0.25) is 5.95 Å². The second-order valence-electron chi connectivity index (χ2n) is 8.37. The fourth-order valence-corrected chi connectivity index (χ4v) is 4.06. The third kappa shape index (κ3) is 4.34. The van der Waals surface area contributed by atoms with Gasteiger partial charge in [0.25, 0.3) is 0 Å². The maximum absolute atomic E-state index is 13.9. The quantitative estimate of drug-likeness (QED) is 0.567. The molecule has 0 saturated carbocycles. The first kappa shape index (κ1) is 21.5. The van der Waals surface area contributed by atoms with Crippen LogP contribution in [0.4, 0.5) is 16.2 Å². The van der Waals surface area contributed by atoms with Crippen molar-refractivity contribution in [2.24, 2.45) is 19.5 Å². The number of ether oxygens (including phenoxy) is 1. The smallest absolute Gasteiger partial charge is 0.227 e. The molecule has 0 spiro atoms. The minimum Gasteiger partial charge on any atom is -0.381 e. The van der Waals surface area contributed by atoms with Gasteiger partial charge in [-0.25, -0.2) is 4.98 Å². The van der Waals surface area contributed by atoms with E-state index in [4.69, 9.17) is 9.72 Å². The topological polar surface area (TPSA) is 94.7 Å². The maximum Gasteiger partial charge on any atom is 0.227 e. The third-order valence-electron chi connectivity index (χ3n) is 6.19. The second-order valence-corrected chi connectivity index (χ2v) is 8.37. The van der Waals surface area contributed by atoms with Crippen LogP contribution in [-0.2, 0) is 31.8 Å². The molecule has 0 aliphatic carbocycles. The fraction of sp³-hybridized carbons (Fsp3) is 0.619. The monoisotopic (exact) mass is 430 g/mol. The number of aromatic nitrogens is 6. The van der Waals surface area contributed by atoms with Gasteiger partial charge in [-0.1, -0.05) is 6.92 Å². The summed E-state index contributed by atoms with van der Waals surface area (Å²) in [6.45, 7) is 5.88. The first-order valence-electron chi connectivity index (χ1n) is 10.8. The van der Waals surface area contributed by atoms with Gasteiger partial charge in [-0.05, 0) is 26.2 Å². The lowest BCUT2D eigenvalue weighted by Crippen LogP contribution is -2.38. The highest BCUT2D eigenvalue weighted by atomic mass is 19.1. The van der Waals surface area contributed by atoms with Crippen LogP contribution in [0, 0.1) is 12.3 Å². The van der Waals surface area contributed by atoms with E-state index in [0.29, 0.717) is 56.6 Å². The van der Waals surface area contributed by atoms with E-state index >= 15 is 0 Å². The van der Waals surface area contributed by atoms with E-state index in [1.54, 1.807) is 0 Å². The number of anilines is 2. The fourth-order valence-electron chi connectivity index (χ4n) is 4.06. The van der Waals surface area contributed by atoms with E-state index in [9.17, 15) is 4.39 Å². The van der Waals surface area contributed by atoms with Crippen LogP contribution >= 0.6 is 0 Å². The Bertz CT molecular complexity index is 1050. The Morgan fingerprint density at radius 1 is 1.16 bits per heavy atom. The number of hydrogen-bond donors (Lipinski definition) is 2. The third-order valence-corrected chi connectivity index (χ3v) is 6.19. The molecule has 0 amide bonds. The molecule has 9 nitrogen and oxygen atoms in total. The molecule has 0 atom stereocenters. The number of imidazole rings is 1. The molecular formula is C21H31FN8O. The molecule has 10 heteroatoms. The van der Waals surface area contributed by atoms with Gasteiger partial charge in [-0.3, -0.25) is 9.07 Å². The van der Waals surface area contributed by atoms with E-state index in [1.807, 2.05) is 36.5 Å². The summed E-state index contributed by atoms with van der Waals surface area (Å²) < 4.78 is 23.1. The van der Waals surface area contributed by atoms with Gasteiger partial charge in [-0.2, -0.15) is 15.1 Å². The van der Waals surface area contributed by atoms with Crippen LogP contribution < -0.4 is 10.6 Å². The van der Waals surface area contributed by atoms with Gasteiger partial charge in [-0.15, -0.1) is 0 Å². The van der Waals surface area contributed by atoms with E-state index in [-0.39, 0.29) is 6.67 Å². The Kier molecular flexibility index (Phi) is 6.08. The number of rotatable bonds is 8. The number of aryl methyl sites for hydroxylation is 4. The zero-order valence-electron chi connectivity index (χ0n) is 18.7. The Balaban J connectivity index is 1.60. The van der Waals surface area contributed by atoms with E-state index in [0.717, 1.165) is 29.0 Å². The second kappa shape index (κ2) is 8.78. The molecule has 0 unspecified atom stereocenters. The largest absolute Gasteiger partial charge is 0.381 e. The molecule has 31 heavy (non-hydrogen) atoms. The Labute approximate surface area is 181 Å². The summed E-state index contributed by atoms with van der Waals surface area (Å²) >= 11 is 0. The Morgan fingerprint density at radius 3 is 2.65 bits per heavy atom. The summed E-state index contributed by atoms with van der Waals surface area (Å²) in [5, 5.41) is 11.2. The lowest BCUT2D eigenvalue weighted by atomic mass is 9.81. The minimum atomic E-state index is -0.428. The van der Waals surface area contributed by atoms with Crippen LogP contribution in [0.15, 0.2) is 6.20 Å². The lowest BCUT2D eigenvalue weighted by molar-refractivity contribution is 0.00881. The van der Waals surface area contributed by atoms with Crippen LogP contribution in [-0.4, -0.2) is 55.7 Å². The predicted molar refractivity (Wildman–Crippen MR) is 118 cm³/mol. The molecule has 0 aromatic carbocycles. The zero-order valence-corrected chi connectivity index (χ0v) is 18.7. The van der Waals surface area contributed by atoms with Crippen molar-refractivity contribution in [3.8, 4) is 0 Å². The molecule has 1 saturated heterocycles. The van der Waals surface area contributed by atoms with Crippen molar-refractivity contribution in [3.63, 3.8) is 0 Å². The molecule has 4 rings (SSSR count). The number of halogens is 1. The van der Waals surface area contributed by atoms with Crippen molar-refractivity contribution in [3.05, 3.63) is 23.3 Å². The highest BCUT2D eigenvalue weighted by Crippen LogP contribution is 2.32. The van der Waals surface area contributed by atoms with Crippen LogP contribution in [0.1, 0.15) is 36.8 Å². The normalized spacial score (nSPS) is 16.0. The first-order chi connectivity index (χ1) is 14.9. The summed E-state index contributed by atoms with van der Waals surface area (Å²) in [6, 6.07) is 0. The van der Waals surface area contributed by atoms with Gasteiger partial charge in [0.1, 0.15) is 11.3 Å². The molecule has 168 valence electrons. The molecule has 2 N–H and O–H groups in total. The lowest BCUT2D eigenvalue weighted by Gasteiger charge is -2.34.